The summed E-state index contributed by atoms with van der Waals surface area (Å²) in [6, 6.07) is 12.3. The van der Waals surface area contributed by atoms with Gasteiger partial charge in [-0.2, -0.15) is 0 Å². The van der Waals surface area contributed by atoms with Crippen LogP contribution in [0.1, 0.15) is 24.2 Å². The van der Waals surface area contributed by atoms with Gasteiger partial charge in [-0.15, -0.1) is 0 Å². The number of halogens is 1. The Morgan fingerprint density at radius 2 is 1.63 bits per heavy atom. The van der Waals surface area contributed by atoms with E-state index in [1.54, 1.807) is 24.3 Å². The minimum atomic E-state index is -0.0902. The number of benzene rings is 2. The summed E-state index contributed by atoms with van der Waals surface area (Å²) >= 11 is 6.09. The molecule has 0 saturated carbocycles. The maximum Gasteiger partial charge on any atom is 0.166 e. The molecule has 0 bridgehead atoms. The van der Waals surface area contributed by atoms with Gasteiger partial charge in [0.1, 0.15) is 5.75 Å². The molecule has 2 nitrogen and oxygen atoms in total. The SMILES string of the molecule is CC(C)C(=O)c1cc(-c2ccc(O)cc2)ccc1Cl. The van der Waals surface area contributed by atoms with E-state index in [2.05, 4.69) is 0 Å². The molecular formula is C16H15ClO2. The highest BCUT2D eigenvalue weighted by atomic mass is 35.5. The predicted octanol–water partition coefficient (Wildman–Crippen LogP) is 4.55. The molecule has 0 radical (unpaired) electrons. The minimum Gasteiger partial charge on any atom is -0.508 e. The van der Waals surface area contributed by atoms with E-state index in [9.17, 15) is 9.90 Å². The van der Waals surface area contributed by atoms with Crippen molar-refractivity contribution in [3.05, 3.63) is 53.1 Å². The molecule has 2 rings (SSSR count). The molecule has 0 unspecified atom stereocenters. The molecule has 0 aliphatic heterocycles. The van der Waals surface area contributed by atoms with Gasteiger partial charge in [-0.3, -0.25) is 4.79 Å². The Kier molecular flexibility index (Phi) is 3.91. The van der Waals surface area contributed by atoms with Gasteiger partial charge in [0.2, 0.25) is 0 Å². The van der Waals surface area contributed by atoms with Crippen molar-refractivity contribution in [2.24, 2.45) is 5.92 Å². The number of phenolic OH excluding ortho intramolecular Hbond substituents is 1. The monoisotopic (exact) mass is 274 g/mol. The second-order valence-corrected chi connectivity index (χ2v) is 5.17. The highest BCUT2D eigenvalue weighted by Gasteiger charge is 2.15. The molecule has 98 valence electrons. The van der Waals surface area contributed by atoms with Gasteiger partial charge in [-0.1, -0.05) is 43.6 Å². The van der Waals surface area contributed by atoms with Gasteiger partial charge in [0.25, 0.3) is 0 Å². The third-order valence-electron chi connectivity index (χ3n) is 2.96. The molecule has 0 spiro atoms. The van der Waals surface area contributed by atoms with Crippen LogP contribution in [0.5, 0.6) is 5.75 Å². The molecule has 2 aromatic rings. The first-order valence-corrected chi connectivity index (χ1v) is 6.50. The molecule has 0 aromatic heterocycles. The number of carbonyl (C=O) groups excluding carboxylic acids is 1. The van der Waals surface area contributed by atoms with Crippen molar-refractivity contribution in [1.29, 1.82) is 0 Å². The van der Waals surface area contributed by atoms with Crippen molar-refractivity contribution in [2.75, 3.05) is 0 Å². The second-order valence-electron chi connectivity index (χ2n) is 4.76. The average Bonchev–Trinajstić information content (AvgIpc) is 2.39. The molecule has 0 atom stereocenters. The Labute approximate surface area is 117 Å². The van der Waals surface area contributed by atoms with Crippen molar-refractivity contribution in [3.63, 3.8) is 0 Å². The molecule has 1 N–H and O–H groups in total. The summed E-state index contributed by atoms with van der Waals surface area (Å²) < 4.78 is 0. The van der Waals surface area contributed by atoms with E-state index in [0.717, 1.165) is 11.1 Å². The summed E-state index contributed by atoms with van der Waals surface area (Å²) in [6.07, 6.45) is 0. The van der Waals surface area contributed by atoms with Crippen LogP contribution in [0.3, 0.4) is 0 Å². The van der Waals surface area contributed by atoms with Gasteiger partial charge in [-0.25, -0.2) is 0 Å². The third-order valence-corrected chi connectivity index (χ3v) is 3.29. The van der Waals surface area contributed by atoms with Crippen LogP contribution >= 0.6 is 11.6 Å². The number of Topliss-reactive ketones (excluding diaryl/α,β-unsaturated/α-hetero) is 1. The number of ketones is 1. The normalized spacial score (nSPS) is 10.7. The van der Waals surface area contributed by atoms with E-state index in [4.69, 9.17) is 11.6 Å². The second kappa shape index (κ2) is 5.45. The number of hydrogen-bond acceptors (Lipinski definition) is 2. The number of phenols is 1. The zero-order chi connectivity index (χ0) is 14.0. The third kappa shape index (κ3) is 2.96. The molecule has 0 aliphatic rings. The maximum atomic E-state index is 12.1. The van der Waals surface area contributed by atoms with Gasteiger partial charge in [0.05, 0.1) is 5.02 Å². The van der Waals surface area contributed by atoms with Crippen LogP contribution in [-0.2, 0) is 0 Å². The number of rotatable bonds is 3. The summed E-state index contributed by atoms with van der Waals surface area (Å²) in [6.45, 7) is 3.71. The highest BCUT2D eigenvalue weighted by molar-refractivity contribution is 6.34. The molecule has 2 aromatic carbocycles. The first-order chi connectivity index (χ1) is 8.99. The van der Waals surface area contributed by atoms with Crippen molar-refractivity contribution in [1.82, 2.24) is 0 Å². The molecular weight excluding hydrogens is 260 g/mol. The highest BCUT2D eigenvalue weighted by Crippen LogP contribution is 2.27. The molecule has 0 saturated heterocycles. The lowest BCUT2D eigenvalue weighted by molar-refractivity contribution is 0.0939. The molecule has 0 amide bonds. The zero-order valence-electron chi connectivity index (χ0n) is 10.9. The summed E-state index contributed by atoms with van der Waals surface area (Å²) in [7, 11) is 0. The summed E-state index contributed by atoms with van der Waals surface area (Å²) in [5, 5.41) is 9.76. The van der Waals surface area contributed by atoms with Crippen LogP contribution in [0.15, 0.2) is 42.5 Å². The van der Waals surface area contributed by atoms with Crippen LogP contribution < -0.4 is 0 Å². The number of hydrogen-bond donors (Lipinski definition) is 1. The van der Waals surface area contributed by atoms with E-state index in [-0.39, 0.29) is 17.5 Å². The quantitative estimate of drug-likeness (QED) is 0.834. The van der Waals surface area contributed by atoms with E-state index < -0.39 is 0 Å². The lowest BCUT2D eigenvalue weighted by Crippen LogP contribution is -2.08. The fourth-order valence-electron chi connectivity index (χ4n) is 1.86. The standard InChI is InChI=1S/C16H15ClO2/c1-10(2)16(19)14-9-12(5-8-15(14)17)11-3-6-13(18)7-4-11/h3-10,18H,1-2H3. The average molecular weight is 275 g/mol. The topological polar surface area (TPSA) is 37.3 Å². The minimum absolute atomic E-state index is 0.0330. The van der Waals surface area contributed by atoms with E-state index in [1.165, 1.54) is 0 Å². The summed E-state index contributed by atoms with van der Waals surface area (Å²) in [4.78, 5) is 12.1. The molecule has 0 aliphatic carbocycles. The Morgan fingerprint density at radius 1 is 1.05 bits per heavy atom. The van der Waals surface area contributed by atoms with E-state index >= 15 is 0 Å². The molecule has 3 heteroatoms. The van der Waals surface area contributed by atoms with Gasteiger partial charge in [0, 0.05) is 11.5 Å². The van der Waals surface area contributed by atoms with Gasteiger partial charge >= 0.3 is 0 Å². The van der Waals surface area contributed by atoms with Gasteiger partial charge < -0.3 is 5.11 Å². The lowest BCUT2D eigenvalue weighted by atomic mass is 9.96. The first-order valence-electron chi connectivity index (χ1n) is 6.12. The number of carbonyl (C=O) groups is 1. The Morgan fingerprint density at radius 3 is 2.21 bits per heavy atom. The maximum absolute atomic E-state index is 12.1. The Bertz CT molecular complexity index is 601. The summed E-state index contributed by atoms with van der Waals surface area (Å²) in [5.74, 6) is 0.161. The van der Waals surface area contributed by atoms with Gasteiger partial charge in [0.15, 0.2) is 5.78 Å². The van der Waals surface area contributed by atoms with Crippen molar-refractivity contribution >= 4 is 17.4 Å². The van der Waals surface area contributed by atoms with E-state index in [0.29, 0.717) is 10.6 Å². The van der Waals surface area contributed by atoms with E-state index in [1.807, 2.05) is 32.0 Å². The fraction of sp³-hybridized carbons (Fsp3) is 0.188. The van der Waals surface area contributed by atoms with Crippen LogP contribution in [0.25, 0.3) is 11.1 Å². The number of aromatic hydroxyl groups is 1. The van der Waals surface area contributed by atoms with Crippen molar-refractivity contribution in [3.8, 4) is 16.9 Å². The van der Waals surface area contributed by atoms with Crippen LogP contribution in [-0.4, -0.2) is 10.9 Å². The van der Waals surface area contributed by atoms with Crippen LogP contribution in [0.2, 0.25) is 5.02 Å². The molecule has 19 heavy (non-hydrogen) atoms. The van der Waals surface area contributed by atoms with Crippen LogP contribution in [0, 0.1) is 5.92 Å². The summed E-state index contributed by atoms with van der Waals surface area (Å²) in [5.41, 5.74) is 2.39. The lowest BCUT2D eigenvalue weighted by Gasteiger charge is -2.09. The fourth-order valence-corrected chi connectivity index (χ4v) is 2.07. The molecule has 0 fully saturated rings. The predicted molar refractivity (Wildman–Crippen MR) is 77.7 cm³/mol. The largest absolute Gasteiger partial charge is 0.508 e. The Hall–Kier alpha value is -1.80. The van der Waals surface area contributed by atoms with Crippen LogP contribution in [0.4, 0.5) is 0 Å². The molecule has 0 heterocycles. The Balaban J connectivity index is 2.46. The van der Waals surface area contributed by atoms with Crippen molar-refractivity contribution in [2.45, 2.75) is 13.8 Å². The first kappa shape index (κ1) is 13.6. The zero-order valence-corrected chi connectivity index (χ0v) is 11.6. The smallest absolute Gasteiger partial charge is 0.166 e. The van der Waals surface area contributed by atoms with Crippen molar-refractivity contribution < 1.29 is 9.90 Å². The van der Waals surface area contributed by atoms with Gasteiger partial charge in [-0.05, 0) is 35.4 Å².